The quantitative estimate of drug-likeness (QED) is 0.799. The number of aryl methyl sites for hydroxylation is 1. The molecule has 16 heavy (non-hydrogen) atoms. The van der Waals surface area contributed by atoms with E-state index in [9.17, 15) is 5.11 Å². The minimum absolute atomic E-state index is 0.133. The van der Waals surface area contributed by atoms with Gasteiger partial charge in [-0.25, -0.2) is 0 Å². The predicted molar refractivity (Wildman–Crippen MR) is 67.7 cm³/mol. The molecule has 2 rings (SSSR count). The van der Waals surface area contributed by atoms with Crippen LogP contribution in [0, 0.1) is 0 Å². The summed E-state index contributed by atoms with van der Waals surface area (Å²) in [7, 11) is 0. The third-order valence-corrected chi connectivity index (χ3v) is 3.79. The third-order valence-electron chi connectivity index (χ3n) is 3.79. The molecule has 1 aliphatic carbocycles. The maximum Gasteiger partial charge on any atom is 0.0540 e. The monoisotopic (exact) mass is 218 g/mol. The Kier molecular flexibility index (Phi) is 4.00. The SMILES string of the molecule is CCC(O)CCc1ccc(C2CCC2)cc1. The molecule has 1 aromatic carbocycles. The van der Waals surface area contributed by atoms with Crippen LogP contribution in [0.25, 0.3) is 0 Å². The predicted octanol–water partition coefficient (Wildman–Crippen LogP) is 3.66. The molecule has 88 valence electrons. The van der Waals surface area contributed by atoms with Gasteiger partial charge in [0.15, 0.2) is 0 Å². The fourth-order valence-corrected chi connectivity index (χ4v) is 2.24. The van der Waals surface area contributed by atoms with Crippen LogP contribution in [0.2, 0.25) is 0 Å². The topological polar surface area (TPSA) is 20.2 Å². The van der Waals surface area contributed by atoms with Crippen LogP contribution >= 0.6 is 0 Å². The van der Waals surface area contributed by atoms with Crippen molar-refractivity contribution in [3.05, 3.63) is 35.4 Å². The van der Waals surface area contributed by atoms with E-state index in [1.54, 1.807) is 0 Å². The fraction of sp³-hybridized carbons (Fsp3) is 0.600. The van der Waals surface area contributed by atoms with Crippen molar-refractivity contribution in [1.29, 1.82) is 0 Å². The molecule has 0 spiro atoms. The van der Waals surface area contributed by atoms with Crippen LogP contribution in [-0.4, -0.2) is 11.2 Å². The van der Waals surface area contributed by atoms with Crippen molar-refractivity contribution in [2.45, 2.75) is 57.5 Å². The van der Waals surface area contributed by atoms with Gasteiger partial charge in [-0.3, -0.25) is 0 Å². The van der Waals surface area contributed by atoms with Crippen molar-refractivity contribution in [2.75, 3.05) is 0 Å². The Labute approximate surface area is 98.5 Å². The zero-order valence-corrected chi connectivity index (χ0v) is 10.2. The molecule has 1 unspecified atom stereocenters. The average Bonchev–Trinajstić information content (AvgIpc) is 2.25. The summed E-state index contributed by atoms with van der Waals surface area (Å²) in [5, 5.41) is 9.51. The molecule has 0 heterocycles. The molecule has 1 aromatic rings. The highest BCUT2D eigenvalue weighted by Crippen LogP contribution is 2.36. The van der Waals surface area contributed by atoms with E-state index >= 15 is 0 Å². The molecule has 0 aromatic heterocycles. The van der Waals surface area contributed by atoms with E-state index in [0.717, 1.165) is 25.2 Å². The highest BCUT2D eigenvalue weighted by molar-refractivity contribution is 5.26. The normalized spacial score (nSPS) is 18.1. The van der Waals surface area contributed by atoms with Crippen molar-refractivity contribution >= 4 is 0 Å². The first kappa shape index (κ1) is 11.7. The second-order valence-corrected chi connectivity index (χ2v) is 4.97. The van der Waals surface area contributed by atoms with E-state index in [1.165, 1.54) is 30.4 Å². The number of benzene rings is 1. The van der Waals surface area contributed by atoms with Crippen LogP contribution in [0.4, 0.5) is 0 Å². The van der Waals surface area contributed by atoms with Gasteiger partial charge in [-0.15, -0.1) is 0 Å². The Morgan fingerprint density at radius 2 is 1.94 bits per heavy atom. The molecule has 1 nitrogen and oxygen atoms in total. The lowest BCUT2D eigenvalue weighted by Crippen LogP contribution is -2.09. The van der Waals surface area contributed by atoms with E-state index in [4.69, 9.17) is 0 Å². The Balaban J connectivity index is 1.86. The van der Waals surface area contributed by atoms with E-state index in [-0.39, 0.29) is 6.10 Å². The van der Waals surface area contributed by atoms with Crippen LogP contribution in [0.3, 0.4) is 0 Å². The Morgan fingerprint density at radius 3 is 2.44 bits per heavy atom. The molecule has 1 aliphatic rings. The molecular weight excluding hydrogens is 196 g/mol. The van der Waals surface area contributed by atoms with E-state index in [0.29, 0.717) is 0 Å². The Hall–Kier alpha value is -0.820. The van der Waals surface area contributed by atoms with Gasteiger partial charge < -0.3 is 5.11 Å². The molecule has 0 bridgehead atoms. The van der Waals surface area contributed by atoms with E-state index in [1.807, 2.05) is 6.92 Å². The van der Waals surface area contributed by atoms with Crippen molar-refractivity contribution in [3.8, 4) is 0 Å². The summed E-state index contributed by atoms with van der Waals surface area (Å²) in [5.74, 6) is 0.829. The van der Waals surface area contributed by atoms with Crippen molar-refractivity contribution in [2.24, 2.45) is 0 Å². The van der Waals surface area contributed by atoms with Crippen molar-refractivity contribution in [1.82, 2.24) is 0 Å². The number of aliphatic hydroxyl groups excluding tert-OH is 1. The fourth-order valence-electron chi connectivity index (χ4n) is 2.24. The molecule has 1 saturated carbocycles. The molecular formula is C15H22O. The van der Waals surface area contributed by atoms with Crippen LogP contribution in [0.5, 0.6) is 0 Å². The minimum Gasteiger partial charge on any atom is -0.393 e. The second-order valence-electron chi connectivity index (χ2n) is 4.97. The van der Waals surface area contributed by atoms with Gasteiger partial charge in [-0.1, -0.05) is 37.6 Å². The summed E-state index contributed by atoms with van der Waals surface area (Å²) < 4.78 is 0. The first-order valence-corrected chi connectivity index (χ1v) is 6.56. The molecule has 1 atom stereocenters. The lowest BCUT2D eigenvalue weighted by Gasteiger charge is -2.25. The lowest BCUT2D eigenvalue weighted by molar-refractivity contribution is 0.160. The number of hydrogen-bond donors (Lipinski definition) is 1. The molecule has 0 saturated heterocycles. The number of aliphatic hydroxyl groups is 1. The van der Waals surface area contributed by atoms with Gasteiger partial charge in [-0.05, 0) is 49.1 Å². The zero-order chi connectivity index (χ0) is 11.4. The summed E-state index contributed by atoms with van der Waals surface area (Å²) in [6.07, 6.45) is 6.75. The first-order valence-electron chi connectivity index (χ1n) is 6.56. The van der Waals surface area contributed by atoms with Gasteiger partial charge in [0.25, 0.3) is 0 Å². The van der Waals surface area contributed by atoms with Crippen LogP contribution in [0.15, 0.2) is 24.3 Å². The number of hydrogen-bond acceptors (Lipinski definition) is 1. The summed E-state index contributed by atoms with van der Waals surface area (Å²) >= 11 is 0. The lowest BCUT2D eigenvalue weighted by atomic mass is 9.80. The summed E-state index contributed by atoms with van der Waals surface area (Å²) in [6.45, 7) is 2.03. The van der Waals surface area contributed by atoms with Crippen LogP contribution < -0.4 is 0 Å². The summed E-state index contributed by atoms with van der Waals surface area (Å²) in [6, 6.07) is 9.01. The molecule has 0 radical (unpaired) electrons. The van der Waals surface area contributed by atoms with E-state index < -0.39 is 0 Å². The van der Waals surface area contributed by atoms with Crippen molar-refractivity contribution in [3.63, 3.8) is 0 Å². The molecule has 1 N–H and O–H groups in total. The second kappa shape index (κ2) is 5.49. The molecule has 1 heteroatoms. The van der Waals surface area contributed by atoms with E-state index in [2.05, 4.69) is 24.3 Å². The highest BCUT2D eigenvalue weighted by atomic mass is 16.3. The smallest absolute Gasteiger partial charge is 0.0540 e. The molecule has 1 fully saturated rings. The summed E-state index contributed by atoms with van der Waals surface area (Å²) in [5.41, 5.74) is 2.86. The van der Waals surface area contributed by atoms with Gasteiger partial charge in [0, 0.05) is 0 Å². The van der Waals surface area contributed by atoms with Gasteiger partial charge in [0.1, 0.15) is 0 Å². The highest BCUT2D eigenvalue weighted by Gasteiger charge is 2.18. The maximum absolute atomic E-state index is 9.51. The molecule has 0 aliphatic heterocycles. The van der Waals surface area contributed by atoms with Gasteiger partial charge in [0.05, 0.1) is 6.10 Å². The van der Waals surface area contributed by atoms with Crippen LogP contribution in [0.1, 0.15) is 56.1 Å². The largest absolute Gasteiger partial charge is 0.393 e. The van der Waals surface area contributed by atoms with Gasteiger partial charge >= 0.3 is 0 Å². The minimum atomic E-state index is -0.133. The Morgan fingerprint density at radius 1 is 1.25 bits per heavy atom. The van der Waals surface area contributed by atoms with Crippen molar-refractivity contribution < 1.29 is 5.11 Å². The van der Waals surface area contributed by atoms with Gasteiger partial charge in [0.2, 0.25) is 0 Å². The standard InChI is InChI=1S/C15H22O/c1-2-15(16)11-8-12-6-9-14(10-7-12)13-4-3-5-13/h6-7,9-10,13,15-16H,2-5,8,11H2,1H3. The third kappa shape index (κ3) is 2.85. The molecule has 0 amide bonds. The first-order chi connectivity index (χ1) is 7.79. The average molecular weight is 218 g/mol. The van der Waals surface area contributed by atoms with Gasteiger partial charge in [-0.2, -0.15) is 0 Å². The summed E-state index contributed by atoms with van der Waals surface area (Å²) in [4.78, 5) is 0. The maximum atomic E-state index is 9.51. The number of rotatable bonds is 5. The zero-order valence-electron chi connectivity index (χ0n) is 10.2. The van der Waals surface area contributed by atoms with Crippen LogP contribution in [-0.2, 0) is 6.42 Å². The Bertz CT molecular complexity index is 311.